The third-order valence-electron chi connectivity index (χ3n) is 1.35. The lowest BCUT2D eigenvalue weighted by Gasteiger charge is -2.19. The maximum atomic E-state index is 11.1. The fourth-order valence-corrected chi connectivity index (χ4v) is 0.793. The third-order valence-corrected chi connectivity index (χ3v) is 1.35. The molecular formula is C7H14N2O3. The Labute approximate surface area is 71.1 Å². The second kappa shape index (κ2) is 5.68. The molecule has 0 atom stereocenters. The molecule has 1 amide bonds. The molecule has 0 heterocycles. The standard InChI is InChI=1S/C7H14N2O3/c1-6(8)7(12)9(2-4-10)3-5-11/h8,10-11H,2-5H2,1H3. The van der Waals surface area contributed by atoms with Crippen molar-refractivity contribution in [1.82, 2.24) is 4.90 Å². The first kappa shape index (κ1) is 11.1. The normalized spacial score (nSPS) is 9.58. The van der Waals surface area contributed by atoms with Crippen molar-refractivity contribution in [1.29, 1.82) is 5.41 Å². The maximum absolute atomic E-state index is 11.1. The summed E-state index contributed by atoms with van der Waals surface area (Å²) in [5, 5.41) is 24.1. The van der Waals surface area contributed by atoms with E-state index in [1.807, 2.05) is 0 Å². The molecule has 0 fully saturated rings. The van der Waals surface area contributed by atoms with Crippen LogP contribution in [0.2, 0.25) is 0 Å². The van der Waals surface area contributed by atoms with Gasteiger partial charge in [0.1, 0.15) is 0 Å². The number of rotatable bonds is 5. The number of nitrogens with zero attached hydrogens (tertiary/aromatic N) is 1. The molecule has 5 nitrogen and oxygen atoms in total. The van der Waals surface area contributed by atoms with Gasteiger partial charge in [-0.25, -0.2) is 0 Å². The van der Waals surface area contributed by atoms with E-state index < -0.39 is 5.91 Å². The molecule has 0 saturated carbocycles. The Morgan fingerprint density at radius 2 is 1.75 bits per heavy atom. The molecule has 0 bridgehead atoms. The first-order valence-corrected chi connectivity index (χ1v) is 3.69. The first-order valence-electron chi connectivity index (χ1n) is 3.69. The minimum absolute atomic E-state index is 0.0862. The molecular weight excluding hydrogens is 160 g/mol. The Balaban J connectivity index is 4.08. The van der Waals surface area contributed by atoms with E-state index in [-0.39, 0.29) is 32.0 Å². The lowest BCUT2D eigenvalue weighted by atomic mass is 10.3. The van der Waals surface area contributed by atoms with Crippen molar-refractivity contribution in [3.05, 3.63) is 0 Å². The minimum atomic E-state index is -0.446. The van der Waals surface area contributed by atoms with Crippen LogP contribution in [0.15, 0.2) is 0 Å². The van der Waals surface area contributed by atoms with Crippen molar-refractivity contribution in [2.75, 3.05) is 26.3 Å². The van der Waals surface area contributed by atoms with E-state index in [0.29, 0.717) is 0 Å². The zero-order chi connectivity index (χ0) is 9.56. The lowest BCUT2D eigenvalue weighted by Crippen LogP contribution is -2.39. The zero-order valence-electron chi connectivity index (χ0n) is 7.08. The van der Waals surface area contributed by atoms with E-state index in [9.17, 15) is 4.79 Å². The summed E-state index contributed by atoms with van der Waals surface area (Å²) >= 11 is 0. The van der Waals surface area contributed by atoms with Crippen LogP contribution in [-0.4, -0.2) is 53.0 Å². The van der Waals surface area contributed by atoms with Gasteiger partial charge in [-0.2, -0.15) is 0 Å². The average molecular weight is 174 g/mol. The van der Waals surface area contributed by atoms with Crippen LogP contribution in [-0.2, 0) is 4.79 Å². The number of amides is 1. The number of aliphatic hydroxyl groups is 2. The van der Waals surface area contributed by atoms with Crippen LogP contribution in [0, 0.1) is 5.41 Å². The highest BCUT2D eigenvalue weighted by Gasteiger charge is 2.13. The van der Waals surface area contributed by atoms with Gasteiger partial charge in [-0.3, -0.25) is 10.2 Å². The summed E-state index contributed by atoms with van der Waals surface area (Å²) in [7, 11) is 0. The molecule has 0 saturated heterocycles. The van der Waals surface area contributed by atoms with Crippen LogP contribution in [0.5, 0.6) is 0 Å². The van der Waals surface area contributed by atoms with E-state index in [2.05, 4.69) is 0 Å². The van der Waals surface area contributed by atoms with Crippen molar-refractivity contribution in [2.24, 2.45) is 0 Å². The van der Waals surface area contributed by atoms with Gasteiger partial charge in [0, 0.05) is 13.1 Å². The van der Waals surface area contributed by atoms with Crippen molar-refractivity contribution >= 4 is 11.6 Å². The Morgan fingerprint density at radius 1 is 1.33 bits per heavy atom. The molecule has 70 valence electrons. The van der Waals surface area contributed by atoms with Gasteiger partial charge >= 0.3 is 0 Å². The molecule has 0 aliphatic heterocycles. The molecule has 0 aromatic rings. The van der Waals surface area contributed by atoms with E-state index in [1.165, 1.54) is 11.8 Å². The maximum Gasteiger partial charge on any atom is 0.267 e. The van der Waals surface area contributed by atoms with Gasteiger partial charge in [0.15, 0.2) is 0 Å². The van der Waals surface area contributed by atoms with Crippen LogP contribution >= 0.6 is 0 Å². The highest BCUT2D eigenvalue weighted by Crippen LogP contribution is 1.90. The zero-order valence-corrected chi connectivity index (χ0v) is 7.08. The first-order chi connectivity index (χ1) is 5.63. The summed E-state index contributed by atoms with van der Waals surface area (Å²) in [6, 6.07) is 0. The number of nitrogens with one attached hydrogen (secondary N) is 1. The number of carbonyl (C=O) groups excluding carboxylic acids is 1. The van der Waals surface area contributed by atoms with Crippen molar-refractivity contribution in [3.8, 4) is 0 Å². The molecule has 5 heteroatoms. The van der Waals surface area contributed by atoms with Gasteiger partial charge < -0.3 is 15.1 Å². The second-order valence-electron chi connectivity index (χ2n) is 2.36. The Morgan fingerprint density at radius 3 is 2.00 bits per heavy atom. The Kier molecular flexibility index (Phi) is 5.23. The van der Waals surface area contributed by atoms with Gasteiger partial charge in [-0.1, -0.05) is 0 Å². The highest BCUT2D eigenvalue weighted by molar-refractivity contribution is 6.36. The summed E-state index contributed by atoms with van der Waals surface area (Å²) < 4.78 is 0. The smallest absolute Gasteiger partial charge is 0.267 e. The van der Waals surface area contributed by atoms with Gasteiger partial charge in [0.05, 0.1) is 18.9 Å². The summed E-state index contributed by atoms with van der Waals surface area (Å²) in [6.45, 7) is 1.40. The van der Waals surface area contributed by atoms with Crippen LogP contribution in [0.25, 0.3) is 0 Å². The Hall–Kier alpha value is -0.940. The largest absolute Gasteiger partial charge is 0.395 e. The molecule has 0 radical (unpaired) electrons. The average Bonchev–Trinajstić information content (AvgIpc) is 2.03. The van der Waals surface area contributed by atoms with E-state index in [1.54, 1.807) is 0 Å². The molecule has 0 spiro atoms. The predicted octanol–water partition coefficient (Wildman–Crippen LogP) is -1.16. The fourth-order valence-electron chi connectivity index (χ4n) is 0.793. The van der Waals surface area contributed by atoms with E-state index in [0.717, 1.165) is 0 Å². The lowest BCUT2D eigenvalue weighted by molar-refractivity contribution is -0.125. The number of carbonyl (C=O) groups is 1. The van der Waals surface area contributed by atoms with Gasteiger partial charge in [0.2, 0.25) is 0 Å². The monoisotopic (exact) mass is 174 g/mol. The van der Waals surface area contributed by atoms with Crippen LogP contribution < -0.4 is 0 Å². The third kappa shape index (κ3) is 3.45. The summed E-state index contributed by atoms with van der Waals surface area (Å²) in [5.41, 5.74) is -0.0862. The van der Waals surface area contributed by atoms with E-state index in [4.69, 9.17) is 15.6 Å². The predicted molar refractivity (Wildman–Crippen MR) is 44.2 cm³/mol. The summed E-state index contributed by atoms with van der Waals surface area (Å²) in [6.07, 6.45) is 0. The number of aliphatic hydroxyl groups excluding tert-OH is 2. The quantitative estimate of drug-likeness (QED) is 0.459. The summed E-state index contributed by atoms with van der Waals surface area (Å²) in [5.74, 6) is -0.446. The minimum Gasteiger partial charge on any atom is -0.395 e. The van der Waals surface area contributed by atoms with Crippen molar-refractivity contribution in [3.63, 3.8) is 0 Å². The molecule has 0 aromatic heterocycles. The molecule has 0 rings (SSSR count). The SMILES string of the molecule is CC(=N)C(=O)N(CCO)CCO. The number of hydrogen-bond acceptors (Lipinski definition) is 4. The number of hydrogen-bond donors (Lipinski definition) is 3. The fraction of sp³-hybridized carbons (Fsp3) is 0.714. The van der Waals surface area contributed by atoms with E-state index >= 15 is 0 Å². The van der Waals surface area contributed by atoms with Gasteiger partial charge in [-0.15, -0.1) is 0 Å². The van der Waals surface area contributed by atoms with Crippen LogP contribution in [0.1, 0.15) is 6.92 Å². The van der Waals surface area contributed by atoms with Crippen molar-refractivity contribution < 1.29 is 15.0 Å². The van der Waals surface area contributed by atoms with Gasteiger partial charge in [-0.05, 0) is 6.92 Å². The molecule has 3 N–H and O–H groups in total. The van der Waals surface area contributed by atoms with Crippen molar-refractivity contribution in [2.45, 2.75) is 6.92 Å². The molecule has 0 aliphatic carbocycles. The molecule has 0 aromatic carbocycles. The van der Waals surface area contributed by atoms with Crippen LogP contribution in [0.3, 0.4) is 0 Å². The topological polar surface area (TPSA) is 84.6 Å². The van der Waals surface area contributed by atoms with Crippen LogP contribution in [0.4, 0.5) is 0 Å². The van der Waals surface area contributed by atoms with Gasteiger partial charge in [0.25, 0.3) is 5.91 Å². The highest BCUT2D eigenvalue weighted by atomic mass is 16.3. The summed E-state index contributed by atoms with van der Waals surface area (Å²) in [4.78, 5) is 12.3. The Bertz CT molecular complexity index is 164. The molecule has 0 aliphatic rings. The molecule has 12 heavy (non-hydrogen) atoms. The second-order valence-corrected chi connectivity index (χ2v) is 2.36. The molecule has 0 unspecified atom stereocenters.